The van der Waals surface area contributed by atoms with E-state index < -0.39 is 21.7 Å². The highest BCUT2D eigenvalue weighted by molar-refractivity contribution is 7.91. The van der Waals surface area contributed by atoms with Gasteiger partial charge in [0.25, 0.3) is 0 Å². The van der Waals surface area contributed by atoms with Crippen molar-refractivity contribution in [1.29, 1.82) is 0 Å². The molecule has 1 amide bonds. The lowest BCUT2D eigenvalue weighted by atomic mass is 10.3. The van der Waals surface area contributed by atoms with Crippen LogP contribution in [0.25, 0.3) is 0 Å². The van der Waals surface area contributed by atoms with Gasteiger partial charge in [0.05, 0.1) is 16.8 Å². The number of hydrogen-bond donors (Lipinski definition) is 1. The quantitative estimate of drug-likeness (QED) is 0.882. The van der Waals surface area contributed by atoms with Crippen LogP contribution >= 0.6 is 11.6 Å². The lowest BCUT2D eigenvalue weighted by molar-refractivity contribution is -0.128. The number of benzene rings is 1. The summed E-state index contributed by atoms with van der Waals surface area (Å²) in [4.78, 5) is 13.1. The Balaban J connectivity index is 2.00. The third-order valence-electron chi connectivity index (χ3n) is 3.19. The van der Waals surface area contributed by atoms with Crippen LogP contribution in [-0.4, -0.2) is 49.3 Å². The van der Waals surface area contributed by atoms with E-state index >= 15 is 0 Å². The molecule has 0 saturated carbocycles. The van der Waals surface area contributed by atoms with E-state index in [2.05, 4.69) is 0 Å². The third-order valence-corrected chi connectivity index (χ3v) is 5.25. The van der Waals surface area contributed by atoms with E-state index in [0.717, 1.165) is 6.42 Å². The molecule has 20 heavy (non-hydrogen) atoms. The van der Waals surface area contributed by atoms with Crippen molar-refractivity contribution in [2.75, 3.05) is 18.8 Å². The number of β-amino-alcohol motifs (C(OH)–C–C–N with tert-alkyl or cyclic N) is 1. The molecule has 1 N–H and O–H groups in total. The molecule has 5 nitrogen and oxygen atoms in total. The first-order valence-corrected chi connectivity index (χ1v) is 8.36. The summed E-state index contributed by atoms with van der Waals surface area (Å²) >= 11 is 5.71. The van der Waals surface area contributed by atoms with Crippen LogP contribution in [0.4, 0.5) is 0 Å². The van der Waals surface area contributed by atoms with E-state index in [0.29, 0.717) is 18.0 Å². The number of hydrogen-bond acceptors (Lipinski definition) is 4. The number of carbonyl (C=O) groups is 1. The van der Waals surface area contributed by atoms with E-state index in [-0.39, 0.29) is 17.3 Å². The highest BCUT2D eigenvalue weighted by atomic mass is 35.5. The van der Waals surface area contributed by atoms with Crippen LogP contribution in [0, 0.1) is 0 Å². The molecule has 1 atom stereocenters. The summed E-state index contributed by atoms with van der Waals surface area (Å²) in [7, 11) is -3.58. The van der Waals surface area contributed by atoms with Crippen LogP contribution in [0.15, 0.2) is 29.2 Å². The second-order valence-corrected chi connectivity index (χ2v) is 7.30. The Morgan fingerprint density at radius 1 is 1.30 bits per heavy atom. The maximum absolute atomic E-state index is 12.1. The molecule has 0 radical (unpaired) electrons. The zero-order valence-electron chi connectivity index (χ0n) is 10.8. The van der Waals surface area contributed by atoms with Gasteiger partial charge in [-0.1, -0.05) is 11.6 Å². The summed E-state index contributed by atoms with van der Waals surface area (Å²) in [6.07, 6.45) is 0.143. The number of sulfone groups is 1. The third kappa shape index (κ3) is 3.71. The second-order valence-electron chi connectivity index (χ2n) is 4.83. The van der Waals surface area contributed by atoms with Crippen molar-refractivity contribution in [2.45, 2.75) is 23.8 Å². The van der Waals surface area contributed by atoms with Crippen LogP contribution in [0.2, 0.25) is 5.02 Å². The molecule has 1 aliphatic rings. The van der Waals surface area contributed by atoms with Crippen molar-refractivity contribution in [3.63, 3.8) is 0 Å². The van der Waals surface area contributed by atoms with E-state index in [9.17, 15) is 18.3 Å². The van der Waals surface area contributed by atoms with Crippen LogP contribution in [0.1, 0.15) is 12.8 Å². The number of likely N-dealkylation sites (tertiary alicyclic amines) is 1. The number of amides is 1. The normalized spacial score (nSPS) is 17.5. The van der Waals surface area contributed by atoms with Gasteiger partial charge in [-0.15, -0.1) is 0 Å². The molecule has 1 aromatic carbocycles. The molecule has 1 heterocycles. The van der Waals surface area contributed by atoms with Crippen LogP contribution < -0.4 is 0 Å². The molecular formula is C13H16ClNO4S. The molecule has 0 aliphatic carbocycles. The van der Waals surface area contributed by atoms with Crippen molar-refractivity contribution >= 4 is 27.3 Å². The van der Waals surface area contributed by atoms with Crippen LogP contribution in [-0.2, 0) is 14.6 Å². The second kappa shape index (κ2) is 6.11. The van der Waals surface area contributed by atoms with Gasteiger partial charge in [-0.05, 0) is 30.7 Å². The number of aliphatic hydroxyl groups is 1. The van der Waals surface area contributed by atoms with E-state index in [4.69, 9.17) is 11.6 Å². The Labute approximate surface area is 123 Å². The Hall–Kier alpha value is -1.11. The highest BCUT2D eigenvalue weighted by Crippen LogP contribution is 2.17. The molecule has 0 spiro atoms. The van der Waals surface area contributed by atoms with Crippen molar-refractivity contribution in [3.05, 3.63) is 29.3 Å². The summed E-state index contributed by atoms with van der Waals surface area (Å²) in [6.45, 7) is 0.641. The molecule has 0 bridgehead atoms. The van der Waals surface area contributed by atoms with Crippen LogP contribution in [0.3, 0.4) is 0 Å². The molecule has 1 saturated heterocycles. The lowest BCUT2D eigenvalue weighted by Gasteiger charge is -2.19. The van der Waals surface area contributed by atoms with E-state index in [1.165, 1.54) is 29.2 Å². The zero-order chi connectivity index (χ0) is 14.8. The fraction of sp³-hybridized carbons (Fsp3) is 0.462. The minimum absolute atomic E-state index is 0.0343. The average Bonchev–Trinajstić information content (AvgIpc) is 2.74. The molecule has 7 heteroatoms. The molecule has 1 aromatic rings. The molecule has 0 aromatic heterocycles. The fourth-order valence-electron chi connectivity index (χ4n) is 2.20. The lowest BCUT2D eigenvalue weighted by Crippen LogP contribution is -2.36. The van der Waals surface area contributed by atoms with Crippen molar-refractivity contribution < 1.29 is 18.3 Å². The van der Waals surface area contributed by atoms with Crippen molar-refractivity contribution in [1.82, 2.24) is 4.90 Å². The summed E-state index contributed by atoms with van der Waals surface area (Å²) in [5.74, 6) is -0.439. The maximum atomic E-state index is 12.1. The largest absolute Gasteiger partial charge is 0.390 e. The van der Waals surface area contributed by atoms with Gasteiger partial charge in [0.15, 0.2) is 9.84 Å². The monoisotopic (exact) mass is 317 g/mol. The van der Waals surface area contributed by atoms with Gasteiger partial charge in [0.2, 0.25) is 5.91 Å². The van der Waals surface area contributed by atoms with Crippen molar-refractivity contribution in [2.24, 2.45) is 0 Å². The topological polar surface area (TPSA) is 74.7 Å². The molecule has 0 unspecified atom stereocenters. The Morgan fingerprint density at radius 3 is 2.50 bits per heavy atom. The van der Waals surface area contributed by atoms with Gasteiger partial charge >= 0.3 is 0 Å². The maximum Gasteiger partial charge on any atom is 0.222 e. The van der Waals surface area contributed by atoms with Gasteiger partial charge < -0.3 is 10.0 Å². The molecular weight excluding hydrogens is 302 g/mol. The standard InChI is InChI=1S/C13H16ClNO4S/c14-10-3-5-12(6-4-10)20(18,19)9-11(16)8-15-7-1-2-13(15)17/h3-6,11,16H,1-2,7-9H2/t11-/m0/s1. The smallest absolute Gasteiger partial charge is 0.222 e. The Morgan fingerprint density at radius 2 is 1.95 bits per heavy atom. The molecule has 1 fully saturated rings. The number of halogens is 1. The van der Waals surface area contributed by atoms with Gasteiger partial charge in [0.1, 0.15) is 0 Å². The number of aliphatic hydroxyl groups excluding tert-OH is 1. The van der Waals surface area contributed by atoms with E-state index in [1.807, 2.05) is 0 Å². The average molecular weight is 318 g/mol. The predicted octanol–water partition coefficient (Wildman–Crippen LogP) is 1.10. The molecule has 1 aliphatic heterocycles. The SMILES string of the molecule is O=C1CCCN1C[C@H](O)CS(=O)(=O)c1ccc(Cl)cc1. The molecule has 2 rings (SSSR count). The zero-order valence-corrected chi connectivity index (χ0v) is 12.4. The summed E-state index contributed by atoms with van der Waals surface area (Å²) in [6, 6.07) is 5.80. The number of carbonyl (C=O) groups excluding carboxylic acids is 1. The predicted molar refractivity (Wildman–Crippen MR) is 75.3 cm³/mol. The number of nitrogens with zero attached hydrogens (tertiary/aromatic N) is 1. The Bertz CT molecular complexity index is 585. The van der Waals surface area contributed by atoms with E-state index in [1.54, 1.807) is 0 Å². The van der Waals surface area contributed by atoms with Gasteiger partial charge in [0, 0.05) is 24.5 Å². The fourth-order valence-corrected chi connectivity index (χ4v) is 3.68. The summed E-state index contributed by atoms with van der Waals surface area (Å²) in [5.41, 5.74) is 0. The summed E-state index contributed by atoms with van der Waals surface area (Å²) < 4.78 is 24.2. The first-order valence-electron chi connectivity index (χ1n) is 6.32. The van der Waals surface area contributed by atoms with Crippen molar-refractivity contribution in [3.8, 4) is 0 Å². The minimum atomic E-state index is -3.58. The Kier molecular flexibility index (Phi) is 4.67. The number of rotatable bonds is 5. The minimum Gasteiger partial charge on any atom is -0.390 e. The van der Waals surface area contributed by atoms with Gasteiger partial charge in [-0.2, -0.15) is 0 Å². The van der Waals surface area contributed by atoms with Gasteiger partial charge in [-0.3, -0.25) is 4.79 Å². The van der Waals surface area contributed by atoms with Gasteiger partial charge in [-0.25, -0.2) is 8.42 Å². The van der Waals surface area contributed by atoms with Crippen LogP contribution in [0.5, 0.6) is 0 Å². The first kappa shape index (κ1) is 15.3. The first-order chi connectivity index (χ1) is 9.38. The highest BCUT2D eigenvalue weighted by Gasteiger charge is 2.26. The summed E-state index contributed by atoms with van der Waals surface area (Å²) in [5, 5.41) is 10.3. The molecule has 110 valence electrons.